The van der Waals surface area contributed by atoms with Crippen molar-refractivity contribution >= 4 is 11.6 Å². The summed E-state index contributed by atoms with van der Waals surface area (Å²) >= 11 is 0. The summed E-state index contributed by atoms with van der Waals surface area (Å²) in [6, 6.07) is 10.4. The van der Waals surface area contributed by atoms with Crippen LogP contribution in [0.1, 0.15) is 30.6 Å². The highest BCUT2D eigenvalue weighted by molar-refractivity contribution is 5.80. The molecule has 0 bridgehead atoms. The van der Waals surface area contributed by atoms with Gasteiger partial charge in [0.25, 0.3) is 0 Å². The van der Waals surface area contributed by atoms with Gasteiger partial charge in [0, 0.05) is 42.9 Å². The zero-order chi connectivity index (χ0) is 20.8. The average molecular weight is 405 g/mol. The fourth-order valence-electron chi connectivity index (χ4n) is 4.91. The van der Waals surface area contributed by atoms with Crippen molar-refractivity contribution < 1.29 is 9.53 Å². The number of ether oxygens (including phenoxy) is 1. The smallest absolute Gasteiger partial charge is 0.242 e. The number of rotatable bonds is 5. The van der Waals surface area contributed by atoms with Crippen molar-refractivity contribution in [2.75, 3.05) is 26.7 Å². The lowest BCUT2D eigenvalue weighted by molar-refractivity contribution is -0.137. The van der Waals surface area contributed by atoms with Crippen LogP contribution in [-0.4, -0.2) is 52.0 Å². The van der Waals surface area contributed by atoms with Crippen LogP contribution < -0.4 is 0 Å². The van der Waals surface area contributed by atoms with Crippen molar-refractivity contribution in [2.24, 2.45) is 11.8 Å². The summed E-state index contributed by atoms with van der Waals surface area (Å²) in [5.74, 6) is 1.97. The van der Waals surface area contributed by atoms with Crippen LogP contribution in [0.3, 0.4) is 0 Å². The second kappa shape index (κ2) is 7.35. The maximum Gasteiger partial charge on any atom is 0.242 e. The van der Waals surface area contributed by atoms with Crippen LogP contribution in [0.4, 0.5) is 0 Å². The number of nitrogens with zero attached hydrogens (tertiary/aromatic N) is 4. The Kier molecular flexibility index (Phi) is 4.65. The Bertz CT molecular complexity index is 1020. The van der Waals surface area contributed by atoms with E-state index in [1.54, 1.807) is 7.11 Å². The van der Waals surface area contributed by atoms with E-state index in [1.807, 2.05) is 36.4 Å². The van der Waals surface area contributed by atoms with E-state index in [4.69, 9.17) is 4.74 Å². The van der Waals surface area contributed by atoms with Crippen LogP contribution in [0.25, 0.3) is 5.70 Å². The molecule has 3 unspecified atom stereocenters. The quantitative estimate of drug-likeness (QED) is 0.766. The minimum absolute atomic E-state index is 0.0976. The van der Waals surface area contributed by atoms with E-state index in [9.17, 15) is 4.79 Å². The number of methoxy groups -OCH3 is 1. The van der Waals surface area contributed by atoms with Gasteiger partial charge in [-0.25, -0.2) is 4.98 Å². The highest BCUT2D eigenvalue weighted by atomic mass is 16.5. The number of aromatic nitrogens is 2. The number of imidazole rings is 1. The van der Waals surface area contributed by atoms with Crippen molar-refractivity contribution in [3.05, 3.63) is 71.6 Å². The number of hydrogen-bond acceptors (Lipinski definition) is 4. The first-order valence-electron chi connectivity index (χ1n) is 10.7. The van der Waals surface area contributed by atoms with E-state index in [-0.39, 0.29) is 11.9 Å². The van der Waals surface area contributed by atoms with Gasteiger partial charge in [0.05, 0.1) is 37.4 Å². The normalized spacial score (nSPS) is 24.5. The Labute approximate surface area is 177 Å². The van der Waals surface area contributed by atoms with E-state index >= 15 is 0 Å². The molecular weight excluding hydrogens is 376 g/mol. The minimum Gasteiger partial charge on any atom is -0.495 e. The molecule has 1 saturated carbocycles. The highest BCUT2D eigenvalue weighted by Crippen LogP contribution is 2.55. The number of carbonyl (C=O) groups is 1. The molecule has 2 fully saturated rings. The topological polar surface area (TPSA) is 50.6 Å². The predicted octanol–water partition coefficient (Wildman–Crippen LogP) is 3.45. The van der Waals surface area contributed by atoms with E-state index in [0.717, 1.165) is 31.0 Å². The zero-order valence-corrected chi connectivity index (χ0v) is 17.8. The molecule has 3 atom stereocenters. The molecule has 3 aliphatic rings. The number of aryl methyl sites for hydroxylation is 1. The van der Waals surface area contributed by atoms with Crippen LogP contribution in [0.15, 0.2) is 60.4 Å². The second-order valence-electron chi connectivity index (χ2n) is 8.49. The van der Waals surface area contributed by atoms with Crippen molar-refractivity contribution in [1.82, 2.24) is 19.4 Å². The van der Waals surface area contributed by atoms with Crippen molar-refractivity contribution in [1.29, 1.82) is 0 Å². The average Bonchev–Trinajstić information content (AvgIpc) is 3.45. The molecule has 0 N–H and O–H groups in total. The second-order valence-corrected chi connectivity index (χ2v) is 8.49. The lowest BCUT2D eigenvalue weighted by Gasteiger charge is -2.40. The van der Waals surface area contributed by atoms with Crippen molar-refractivity contribution in [3.8, 4) is 0 Å². The fourth-order valence-corrected chi connectivity index (χ4v) is 4.91. The first kappa shape index (κ1) is 19.0. The molecule has 6 nitrogen and oxygen atoms in total. The van der Waals surface area contributed by atoms with Gasteiger partial charge in [-0.1, -0.05) is 30.3 Å². The summed E-state index contributed by atoms with van der Waals surface area (Å²) in [5.41, 5.74) is 4.62. The molecule has 5 rings (SSSR count). The molecule has 1 aromatic carbocycles. The third kappa shape index (κ3) is 3.20. The number of amides is 1. The Morgan fingerprint density at radius 2 is 1.97 bits per heavy atom. The standard InChI is InChI=1S/C24H28N4O2/c1-16-13-27(15-25-16)24-20-11-19(20)21(12-22(24)30-3)26-9-10-28(23(29)14-26)17(2)18-7-5-4-6-8-18/h4-8,12-13,15,17,19-20H,9-11,14H2,1-3H3. The van der Waals surface area contributed by atoms with Gasteiger partial charge in [0.2, 0.25) is 5.91 Å². The summed E-state index contributed by atoms with van der Waals surface area (Å²) in [6.07, 6.45) is 7.16. The van der Waals surface area contributed by atoms with Gasteiger partial charge in [0.1, 0.15) is 5.76 Å². The zero-order valence-electron chi connectivity index (χ0n) is 17.8. The fraction of sp³-hybridized carbons (Fsp3) is 0.417. The maximum absolute atomic E-state index is 13.0. The van der Waals surface area contributed by atoms with E-state index < -0.39 is 0 Å². The third-order valence-corrected chi connectivity index (χ3v) is 6.63. The first-order valence-corrected chi connectivity index (χ1v) is 10.7. The van der Waals surface area contributed by atoms with Crippen LogP contribution in [-0.2, 0) is 9.53 Å². The number of carbonyl (C=O) groups excluding carboxylic acids is 1. The Hall–Kier alpha value is -3.02. The molecule has 0 radical (unpaired) electrons. The monoisotopic (exact) mass is 404 g/mol. The van der Waals surface area contributed by atoms with Crippen LogP contribution >= 0.6 is 0 Å². The number of benzene rings is 1. The Morgan fingerprint density at radius 1 is 1.17 bits per heavy atom. The van der Waals surface area contributed by atoms with Crippen LogP contribution in [0.2, 0.25) is 0 Å². The van der Waals surface area contributed by atoms with E-state index in [2.05, 4.69) is 45.8 Å². The van der Waals surface area contributed by atoms with Gasteiger partial charge in [-0.15, -0.1) is 0 Å². The molecule has 1 amide bonds. The Morgan fingerprint density at radius 3 is 2.63 bits per heavy atom. The summed E-state index contributed by atoms with van der Waals surface area (Å²) in [4.78, 5) is 21.7. The van der Waals surface area contributed by atoms with Gasteiger partial charge in [-0.3, -0.25) is 4.79 Å². The summed E-state index contributed by atoms with van der Waals surface area (Å²) in [5, 5.41) is 0. The summed E-state index contributed by atoms with van der Waals surface area (Å²) in [7, 11) is 1.72. The van der Waals surface area contributed by atoms with E-state index in [0.29, 0.717) is 18.4 Å². The third-order valence-electron chi connectivity index (χ3n) is 6.63. The molecule has 2 heterocycles. The molecule has 2 aromatic rings. The lowest BCUT2D eigenvalue weighted by Crippen LogP contribution is -2.51. The van der Waals surface area contributed by atoms with Crippen molar-refractivity contribution in [3.63, 3.8) is 0 Å². The number of hydrogen-bond donors (Lipinski definition) is 0. The van der Waals surface area contributed by atoms with Gasteiger partial charge >= 0.3 is 0 Å². The summed E-state index contributed by atoms with van der Waals surface area (Å²) < 4.78 is 7.86. The van der Waals surface area contributed by atoms with Gasteiger partial charge in [-0.05, 0) is 25.8 Å². The molecule has 0 spiro atoms. The first-order chi connectivity index (χ1) is 14.6. The Balaban J connectivity index is 1.36. The molecule has 1 aliphatic heterocycles. The lowest BCUT2D eigenvalue weighted by atomic mass is 10.0. The highest BCUT2D eigenvalue weighted by Gasteiger charge is 2.49. The maximum atomic E-state index is 13.0. The number of piperazine rings is 1. The number of fused-ring (bicyclic) bond motifs is 1. The SMILES string of the molecule is COC1=C(n2cnc(C)c2)C2CC2C(N2CCN(C(C)c3ccccc3)C(=O)C2)=C1. The largest absolute Gasteiger partial charge is 0.495 e. The van der Waals surface area contributed by atoms with Crippen LogP contribution in [0, 0.1) is 18.8 Å². The number of allylic oxidation sites excluding steroid dienone is 3. The van der Waals surface area contributed by atoms with Gasteiger partial charge in [0.15, 0.2) is 0 Å². The molecule has 1 saturated heterocycles. The molecule has 30 heavy (non-hydrogen) atoms. The van der Waals surface area contributed by atoms with Gasteiger partial charge < -0.3 is 19.1 Å². The van der Waals surface area contributed by atoms with Crippen molar-refractivity contribution in [2.45, 2.75) is 26.3 Å². The van der Waals surface area contributed by atoms with E-state index in [1.165, 1.54) is 17.0 Å². The predicted molar refractivity (Wildman–Crippen MR) is 115 cm³/mol. The molecular formula is C24H28N4O2. The minimum atomic E-state index is 0.0976. The molecule has 156 valence electrons. The summed E-state index contributed by atoms with van der Waals surface area (Å²) in [6.45, 7) is 6.14. The molecule has 6 heteroatoms. The molecule has 2 aliphatic carbocycles. The van der Waals surface area contributed by atoms with Gasteiger partial charge in [-0.2, -0.15) is 0 Å². The molecule has 1 aromatic heterocycles. The van der Waals surface area contributed by atoms with Crippen LogP contribution in [0.5, 0.6) is 0 Å².